The number of alkyl halides is 3. The highest BCUT2D eigenvalue weighted by molar-refractivity contribution is 7.88. The van der Waals surface area contributed by atoms with Gasteiger partial charge in [0.25, 0.3) is 0 Å². The molecule has 0 unspecified atom stereocenters. The third kappa shape index (κ3) is 6.82. The first-order chi connectivity index (χ1) is 17.4. The van der Waals surface area contributed by atoms with Gasteiger partial charge in [0.1, 0.15) is 11.5 Å². The number of carbonyl (C=O) groups is 2. The molecule has 2 aliphatic carbocycles. The summed E-state index contributed by atoms with van der Waals surface area (Å²) in [5.41, 5.74) is 0.460. The van der Waals surface area contributed by atoms with Crippen LogP contribution in [0.4, 0.5) is 23.0 Å². The molecular formula is C22H28F3N5O5S2. The van der Waals surface area contributed by atoms with E-state index in [1.54, 1.807) is 0 Å². The van der Waals surface area contributed by atoms with Crippen molar-refractivity contribution in [1.29, 1.82) is 0 Å². The second-order valence-electron chi connectivity index (χ2n) is 9.04. The third-order valence-corrected chi connectivity index (χ3v) is 8.06. The fourth-order valence-corrected chi connectivity index (χ4v) is 6.29. The number of thiophene rings is 1. The largest absolute Gasteiger partial charge is 0.435 e. The Hall–Kier alpha value is -2.65. The minimum absolute atomic E-state index is 0.00806. The number of aryl methyl sites for hydroxylation is 1. The minimum Gasteiger partial charge on any atom is -0.407 e. The van der Waals surface area contributed by atoms with E-state index in [0.717, 1.165) is 47.1 Å². The van der Waals surface area contributed by atoms with E-state index in [-0.39, 0.29) is 30.8 Å². The smallest absolute Gasteiger partial charge is 0.407 e. The number of nitrogens with zero attached hydrogens (tertiary/aromatic N) is 2. The Kier molecular flexibility index (Phi) is 8.14. The monoisotopic (exact) mass is 563 g/mol. The molecule has 15 heteroatoms. The van der Waals surface area contributed by atoms with Crippen LogP contribution in [0.3, 0.4) is 0 Å². The molecule has 0 radical (unpaired) electrons. The van der Waals surface area contributed by atoms with Crippen molar-refractivity contribution in [3.05, 3.63) is 27.4 Å². The van der Waals surface area contributed by atoms with Gasteiger partial charge in [-0.2, -0.15) is 18.3 Å². The van der Waals surface area contributed by atoms with E-state index < -0.39 is 40.4 Å². The molecule has 10 nitrogen and oxygen atoms in total. The Morgan fingerprint density at radius 1 is 1.05 bits per heavy atom. The van der Waals surface area contributed by atoms with Crippen LogP contribution in [-0.4, -0.2) is 49.5 Å². The van der Waals surface area contributed by atoms with Crippen molar-refractivity contribution in [2.45, 2.75) is 64.1 Å². The molecule has 0 saturated heterocycles. The molecule has 3 N–H and O–H groups in total. The molecule has 204 valence electrons. The molecule has 0 atom stereocenters. The molecule has 2 amide bonds. The zero-order valence-electron chi connectivity index (χ0n) is 20.2. The second kappa shape index (κ2) is 11.0. The van der Waals surface area contributed by atoms with E-state index >= 15 is 0 Å². The summed E-state index contributed by atoms with van der Waals surface area (Å²) in [6.45, 7) is -0.428. The number of ether oxygens (including phenoxy) is 1. The zero-order chi connectivity index (χ0) is 26.8. The fraction of sp³-hybridized carbons (Fsp3) is 0.591. The molecule has 37 heavy (non-hydrogen) atoms. The van der Waals surface area contributed by atoms with Crippen molar-refractivity contribution in [3.8, 4) is 5.75 Å². The highest BCUT2D eigenvalue weighted by Gasteiger charge is 2.39. The number of aromatic nitrogens is 2. The number of rotatable bonds is 8. The first kappa shape index (κ1) is 27.4. The van der Waals surface area contributed by atoms with Gasteiger partial charge in [0.15, 0.2) is 11.4 Å². The van der Waals surface area contributed by atoms with E-state index in [1.807, 2.05) is 0 Å². The van der Waals surface area contributed by atoms with E-state index in [2.05, 4.69) is 20.5 Å². The number of anilines is 1. The molecule has 2 aromatic heterocycles. The summed E-state index contributed by atoms with van der Waals surface area (Å²) in [5.74, 6) is -0.370. The van der Waals surface area contributed by atoms with Crippen LogP contribution in [0.1, 0.15) is 53.1 Å². The number of carbonyl (C=O) groups excluding carboxylic acids is 2. The summed E-state index contributed by atoms with van der Waals surface area (Å²) in [6, 6.07) is 0. The topological polar surface area (TPSA) is 131 Å². The lowest BCUT2D eigenvalue weighted by molar-refractivity contribution is -0.142. The number of nitrogens with one attached hydrogen (secondary N) is 3. The third-order valence-electron chi connectivity index (χ3n) is 6.15. The summed E-state index contributed by atoms with van der Waals surface area (Å²) in [4.78, 5) is 26.3. The normalized spacial score (nSPS) is 15.6. The summed E-state index contributed by atoms with van der Waals surface area (Å²) in [5, 5.41) is 9.19. The molecule has 0 bridgehead atoms. The van der Waals surface area contributed by atoms with Gasteiger partial charge in [0.2, 0.25) is 15.9 Å². The van der Waals surface area contributed by atoms with Crippen LogP contribution >= 0.6 is 11.3 Å². The summed E-state index contributed by atoms with van der Waals surface area (Å²) in [6.07, 6.45) is 0.892. The molecular weight excluding hydrogens is 535 g/mol. The lowest BCUT2D eigenvalue weighted by Crippen LogP contribution is -2.35. The quantitative estimate of drug-likeness (QED) is 0.423. The summed E-state index contributed by atoms with van der Waals surface area (Å²) in [7, 11) is -3.40. The summed E-state index contributed by atoms with van der Waals surface area (Å²) >= 11 is 1.27. The van der Waals surface area contributed by atoms with Crippen LogP contribution in [0.15, 0.2) is 0 Å². The number of sulfonamides is 1. The molecule has 2 aliphatic rings. The molecule has 0 fully saturated rings. The number of amides is 2. The molecule has 0 spiro atoms. The van der Waals surface area contributed by atoms with Crippen LogP contribution in [0.2, 0.25) is 0 Å². The first-order valence-electron chi connectivity index (χ1n) is 11.9. The van der Waals surface area contributed by atoms with Crippen molar-refractivity contribution in [2.75, 3.05) is 24.7 Å². The lowest BCUT2D eigenvalue weighted by atomic mass is 9.95. The van der Waals surface area contributed by atoms with Crippen LogP contribution < -0.4 is 20.1 Å². The number of hydrogen-bond donors (Lipinski definition) is 3. The van der Waals surface area contributed by atoms with Gasteiger partial charge in [0, 0.05) is 34.8 Å². The van der Waals surface area contributed by atoms with Crippen LogP contribution in [0, 0.1) is 0 Å². The standard InChI is InChI=1S/C22H28F3N5O5S2/c1-37(33,34)27-11-10-26-21(32)35-18-14-7-3-5-9-16(14)36-20(18)28-17(31)12-30-15-8-4-2-6-13(15)19(29-30)22(23,24)25/h27H,2-12H2,1H3,(H,26,32)(H,28,31). The predicted octanol–water partition coefficient (Wildman–Crippen LogP) is 3.00. The molecule has 0 saturated carbocycles. The van der Waals surface area contributed by atoms with E-state index in [4.69, 9.17) is 4.74 Å². The lowest BCUT2D eigenvalue weighted by Gasteiger charge is -2.15. The first-order valence-corrected chi connectivity index (χ1v) is 14.6. The van der Waals surface area contributed by atoms with Gasteiger partial charge < -0.3 is 15.4 Å². The SMILES string of the molecule is CS(=O)(=O)NCCNC(=O)Oc1c(NC(=O)Cn2nc(C(F)(F)F)c3c2CCCC3)sc2c1CCCC2. The Balaban J connectivity index is 1.48. The van der Waals surface area contributed by atoms with Crippen molar-refractivity contribution >= 4 is 38.4 Å². The van der Waals surface area contributed by atoms with Crippen molar-refractivity contribution < 1.29 is 35.9 Å². The Labute approximate surface area is 216 Å². The maximum absolute atomic E-state index is 13.5. The van der Waals surface area contributed by atoms with Gasteiger partial charge in [-0.05, 0) is 51.4 Å². The summed E-state index contributed by atoms with van der Waals surface area (Å²) < 4.78 is 71.6. The van der Waals surface area contributed by atoms with E-state index in [1.165, 1.54) is 11.3 Å². The van der Waals surface area contributed by atoms with Gasteiger partial charge in [-0.25, -0.2) is 17.9 Å². The average molecular weight is 564 g/mol. The maximum atomic E-state index is 13.5. The number of hydrogen-bond acceptors (Lipinski definition) is 7. The van der Waals surface area contributed by atoms with Gasteiger partial charge in [-0.3, -0.25) is 9.48 Å². The average Bonchev–Trinajstić information content (AvgIpc) is 3.35. The fourth-order valence-electron chi connectivity index (χ4n) is 4.59. The van der Waals surface area contributed by atoms with Crippen LogP contribution in [0.25, 0.3) is 0 Å². The predicted molar refractivity (Wildman–Crippen MR) is 130 cm³/mol. The van der Waals surface area contributed by atoms with Crippen molar-refractivity contribution in [1.82, 2.24) is 19.8 Å². The number of fused-ring (bicyclic) bond motifs is 2. The molecule has 2 aromatic rings. The Morgan fingerprint density at radius 2 is 1.73 bits per heavy atom. The van der Waals surface area contributed by atoms with Gasteiger partial charge >= 0.3 is 12.3 Å². The van der Waals surface area contributed by atoms with E-state index in [9.17, 15) is 31.2 Å². The van der Waals surface area contributed by atoms with Gasteiger partial charge in [-0.15, -0.1) is 11.3 Å². The number of halogens is 3. The van der Waals surface area contributed by atoms with Gasteiger partial charge in [-0.1, -0.05) is 0 Å². The van der Waals surface area contributed by atoms with Crippen LogP contribution in [-0.2, 0) is 53.2 Å². The van der Waals surface area contributed by atoms with Crippen LogP contribution in [0.5, 0.6) is 5.75 Å². The molecule has 0 aromatic carbocycles. The van der Waals surface area contributed by atoms with Gasteiger partial charge in [0.05, 0.1) is 6.26 Å². The highest BCUT2D eigenvalue weighted by atomic mass is 32.2. The molecule has 4 rings (SSSR count). The van der Waals surface area contributed by atoms with Crippen molar-refractivity contribution in [3.63, 3.8) is 0 Å². The molecule has 0 aliphatic heterocycles. The Bertz CT molecular complexity index is 1290. The Morgan fingerprint density at radius 3 is 2.43 bits per heavy atom. The maximum Gasteiger partial charge on any atom is 0.435 e. The second-order valence-corrected chi connectivity index (χ2v) is 12.0. The molecule has 2 heterocycles. The highest BCUT2D eigenvalue weighted by Crippen LogP contribution is 2.44. The minimum atomic E-state index is -4.60. The van der Waals surface area contributed by atoms with E-state index in [0.29, 0.717) is 30.0 Å². The van der Waals surface area contributed by atoms with Crippen molar-refractivity contribution in [2.24, 2.45) is 0 Å². The zero-order valence-corrected chi connectivity index (χ0v) is 21.8.